The summed E-state index contributed by atoms with van der Waals surface area (Å²) in [6.07, 6.45) is 0.0599. The van der Waals surface area contributed by atoms with E-state index < -0.39 is 16.2 Å². The van der Waals surface area contributed by atoms with Crippen LogP contribution in [0.25, 0.3) is 11.0 Å². The van der Waals surface area contributed by atoms with E-state index in [4.69, 9.17) is 30.4 Å². The topological polar surface area (TPSA) is 153 Å². The third kappa shape index (κ3) is 7.07. The number of carbonyl (C=O) groups is 1. The highest BCUT2D eigenvalue weighted by Crippen LogP contribution is 2.38. The van der Waals surface area contributed by atoms with Crippen LogP contribution >= 0.6 is 11.6 Å². The normalized spacial score (nSPS) is 15.0. The van der Waals surface area contributed by atoms with Crippen molar-refractivity contribution in [3.8, 4) is 11.5 Å². The van der Waals surface area contributed by atoms with Crippen LogP contribution in [0.5, 0.6) is 11.5 Å². The summed E-state index contributed by atoms with van der Waals surface area (Å²) in [5, 5.41) is 27.7. The van der Waals surface area contributed by atoms with Gasteiger partial charge in [0, 0.05) is 30.6 Å². The number of benzene rings is 3. The molecule has 0 aliphatic carbocycles. The zero-order valence-corrected chi connectivity index (χ0v) is 26.8. The van der Waals surface area contributed by atoms with Crippen LogP contribution in [0.3, 0.4) is 0 Å². The van der Waals surface area contributed by atoms with Crippen LogP contribution in [0, 0.1) is 13.8 Å². The van der Waals surface area contributed by atoms with Crippen LogP contribution in [0.4, 0.5) is 0 Å². The first kappa shape index (κ1) is 32.6. The first-order chi connectivity index (χ1) is 21.5. The number of rotatable bonds is 12. The highest BCUT2D eigenvalue weighted by molar-refractivity contribution is 7.84. The number of halogens is 1. The van der Waals surface area contributed by atoms with Gasteiger partial charge in [0.15, 0.2) is 0 Å². The Hall–Kier alpha value is -3.75. The number of aliphatic hydroxyl groups is 1. The van der Waals surface area contributed by atoms with Gasteiger partial charge in [0.2, 0.25) is 0 Å². The molecule has 2 N–H and O–H groups in total. The van der Waals surface area contributed by atoms with Crippen LogP contribution < -0.4 is 4.18 Å². The molecule has 3 aromatic carbocycles. The van der Waals surface area contributed by atoms with Gasteiger partial charge in [-0.25, -0.2) is 4.68 Å². The Balaban J connectivity index is 1.48. The van der Waals surface area contributed by atoms with Gasteiger partial charge in [-0.2, -0.15) is 12.7 Å². The number of aromatic nitrogens is 3. The van der Waals surface area contributed by atoms with Crippen molar-refractivity contribution in [1.82, 2.24) is 19.3 Å². The summed E-state index contributed by atoms with van der Waals surface area (Å²) in [5.41, 5.74) is 6.09. The van der Waals surface area contributed by atoms with Crippen molar-refractivity contribution in [2.24, 2.45) is 0 Å². The maximum absolute atomic E-state index is 13.1. The van der Waals surface area contributed by atoms with Gasteiger partial charge in [-0.1, -0.05) is 41.1 Å². The Morgan fingerprint density at radius 3 is 2.71 bits per heavy atom. The number of phenolic OH excluding ortho intramolecular Hbond substituents is 1. The number of carbonyl (C=O) groups excluding carboxylic acids is 1. The second kappa shape index (κ2) is 13.7. The van der Waals surface area contributed by atoms with E-state index in [2.05, 4.69) is 10.3 Å². The molecule has 240 valence electrons. The molecule has 14 heteroatoms. The van der Waals surface area contributed by atoms with Crippen molar-refractivity contribution in [3.63, 3.8) is 0 Å². The number of phenols is 1. The Morgan fingerprint density at radius 1 is 1.16 bits per heavy atom. The van der Waals surface area contributed by atoms with Gasteiger partial charge < -0.3 is 23.9 Å². The zero-order valence-electron chi connectivity index (χ0n) is 25.2. The standard InChI is InChI=1S/C31H35ClN4O8S/c1-4-43-30(39)15-25(24-7-8-27-31(20(24)3)33-34-36(27)9-11-42-12-10-37)21-6-5-19(2)22(13-21)17-35-18-23-14-28(38)26(32)16-29(23)44-45(35,40)41/h5-8,13-14,16,25,37-38H,4,9-12,15,17-18H2,1-3H3. The molecule has 0 spiro atoms. The van der Waals surface area contributed by atoms with Crippen molar-refractivity contribution in [1.29, 1.82) is 0 Å². The maximum atomic E-state index is 13.1. The summed E-state index contributed by atoms with van der Waals surface area (Å²) in [7, 11) is -4.15. The second-order valence-corrected chi connectivity index (χ2v) is 12.7. The summed E-state index contributed by atoms with van der Waals surface area (Å²) in [6, 6.07) is 12.3. The molecule has 0 saturated carbocycles. The number of esters is 1. The molecule has 0 amide bonds. The smallest absolute Gasteiger partial charge is 0.385 e. The van der Waals surface area contributed by atoms with E-state index in [1.807, 2.05) is 44.2 Å². The van der Waals surface area contributed by atoms with Crippen molar-refractivity contribution < 1.29 is 37.1 Å². The molecule has 1 aliphatic rings. The van der Waals surface area contributed by atoms with Crippen LogP contribution in [0.1, 0.15) is 52.6 Å². The molecule has 1 aromatic heterocycles. The molecule has 0 bridgehead atoms. The fourth-order valence-corrected chi connectivity index (χ4v) is 6.70. The van der Waals surface area contributed by atoms with Crippen molar-refractivity contribution in [2.45, 2.75) is 52.7 Å². The number of aromatic hydroxyl groups is 1. The van der Waals surface area contributed by atoms with Crippen molar-refractivity contribution in [3.05, 3.63) is 80.9 Å². The van der Waals surface area contributed by atoms with Crippen LogP contribution in [-0.2, 0) is 44.2 Å². The molecule has 1 atom stereocenters. The number of hydrogen-bond donors (Lipinski definition) is 2. The molecule has 0 saturated heterocycles. The van der Waals surface area contributed by atoms with Gasteiger partial charge in [0.05, 0.1) is 49.9 Å². The van der Waals surface area contributed by atoms with E-state index in [-0.39, 0.29) is 61.8 Å². The van der Waals surface area contributed by atoms with Gasteiger partial charge in [-0.05, 0) is 60.7 Å². The maximum Gasteiger partial charge on any atom is 0.385 e. The number of aryl methyl sites for hydroxylation is 2. The van der Waals surface area contributed by atoms with E-state index in [9.17, 15) is 18.3 Å². The van der Waals surface area contributed by atoms with Gasteiger partial charge >= 0.3 is 16.3 Å². The predicted molar refractivity (Wildman–Crippen MR) is 166 cm³/mol. The summed E-state index contributed by atoms with van der Waals surface area (Å²) in [4.78, 5) is 12.9. The van der Waals surface area contributed by atoms with Gasteiger partial charge in [-0.3, -0.25) is 4.79 Å². The van der Waals surface area contributed by atoms with E-state index in [0.717, 1.165) is 33.3 Å². The van der Waals surface area contributed by atoms with Gasteiger partial charge in [0.25, 0.3) is 0 Å². The summed E-state index contributed by atoms with van der Waals surface area (Å²) >= 11 is 5.96. The largest absolute Gasteiger partial charge is 0.506 e. The molecule has 1 aliphatic heterocycles. The van der Waals surface area contributed by atoms with Crippen LogP contribution in [-0.4, -0.2) is 70.3 Å². The minimum Gasteiger partial charge on any atom is -0.506 e. The molecule has 0 fully saturated rings. The first-order valence-electron chi connectivity index (χ1n) is 14.5. The Kier molecular flexibility index (Phi) is 9.94. The van der Waals surface area contributed by atoms with Gasteiger partial charge in [-0.15, -0.1) is 5.10 Å². The monoisotopic (exact) mass is 658 g/mol. The lowest BCUT2D eigenvalue weighted by Crippen LogP contribution is -2.37. The minimum absolute atomic E-state index is 0.00164. The number of ether oxygens (including phenoxy) is 2. The fourth-order valence-electron chi connectivity index (χ4n) is 5.46. The molecular formula is C31H35ClN4O8S. The average Bonchev–Trinajstić information content (AvgIpc) is 3.41. The zero-order chi connectivity index (χ0) is 32.3. The van der Waals surface area contributed by atoms with E-state index in [1.54, 1.807) is 11.6 Å². The number of fused-ring (bicyclic) bond motifs is 2. The third-order valence-corrected chi connectivity index (χ3v) is 9.41. The molecular weight excluding hydrogens is 624 g/mol. The average molecular weight is 659 g/mol. The van der Waals surface area contributed by atoms with E-state index >= 15 is 0 Å². The Labute approximate surface area is 266 Å². The van der Waals surface area contributed by atoms with Crippen LogP contribution in [0.15, 0.2) is 42.5 Å². The summed E-state index contributed by atoms with van der Waals surface area (Å²) in [6.45, 7) is 6.81. The van der Waals surface area contributed by atoms with E-state index in [0.29, 0.717) is 24.2 Å². The number of hydrogen-bond acceptors (Lipinski definition) is 10. The highest BCUT2D eigenvalue weighted by atomic mass is 35.5. The highest BCUT2D eigenvalue weighted by Gasteiger charge is 2.33. The molecule has 0 radical (unpaired) electrons. The SMILES string of the molecule is CCOC(=O)CC(c1ccc(C)c(CN2Cc3cc(O)c(Cl)cc3OS2(=O)=O)c1)c1ccc2c(nnn2CCOCCO)c1C. The quantitative estimate of drug-likeness (QED) is 0.168. The minimum atomic E-state index is -4.15. The van der Waals surface area contributed by atoms with Gasteiger partial charge in [0.1, 0.15) is 17.0 Å². The van der Waals surface area contributed by atoms with Crippen molar-refractivity contribution >= 4 is 38.9 Å². The number of nitrogens with zero attached hydrogens (tertiary/aromatic N) is 4. The molecule has 2 heterocycles. The fraction of sp³-hybridized carbons (Fsp3) is 0.387. The Morgan fingerprint density at radius 2 is 1.96 bits per heavy atom. The molecule has 12 nitrogen and oxygen atoms in total. The summed E-state index contributed by atoms with van der Waals surface area (Å²) in [5.74, 6) is -0.870. The predicted octanol–water partition coefficient (Wildman–Crippen LogP) is 4.14. The second-order valence-electron chi connectivity index (χ2n) is 10.8. The molecule has 5 rings (SSSR count). The van der Waals surface area contributed by atoms with Crippen molar-refractivity contribution in [2.75, 3.05) is 26.4 Å². The lowest BCUT2D eigenvalue weighted by atomic mass is 9.84. The number of aliphatic hydroxyl groups excluding tert-OH is 1. The Bertz CT molecular complexity index is 1830. The lowest BCUT2D eigenvalue weighted by molar-refractivity contribution is -0.143. The molecule has 4 aromatic rings. The molecule has 45 heavy (non-hydrogen) atoms. The van der Waals surface area contributed by atoms with Crippen LogP contribution in [0.2, 0.25) is 5.02 Å². The van der Waals surface area contributed by atoms with E-state index in [1.165, 1.54) is 16.4 Å². The summed E-state index contributed by atoms with van der Waals surface area (Å²) < 4.78 is 45.1. The lowest BCUT2D eigenvalue weighted by Gasteiger charge is -2.29. The first-order valence-corrected chi connectivity index (χ1v) is 16.2. The molecule has 1 unspecified atom stereocenters. The third-order valence-electron chi connectivity index (χ3n) is 7.83.